The summed E-state index contributed by atoms with van der Waals surface area (Å²) in [5.74, 6) is 0. The van der Waals surface area contributed by atoms with Crippen LogP contribution in [0.2, 0.25) is 0 Å². The van der Waals surface area contributed by atoms with Gasteiger partial charge in [-0.25, -0.2) is 26.7 Å². The molecule has 7 nitrogen and oxygen atoms in total. The summed E-state index contributed by atoms with van der Waals surface area (Å²) in [6, 6.07) is 4.84. The van der Waals surface area contributed by atoms with E-state index in [1.54, 1.807) is 0 Å². The summed E-state index contributed by atoms with van der Waals surface area (Å²) in [5, 5.41) is 13.9. The fraction of sp³-hybridized carbons (Fsp3) is 0.500. The molecule has 1 aromatic carbocycles. The fourth-order valence-electron chi connectivity index (χ4n) is 1.58. The minimum Gasteiger partial charge on any atom is -0.396 e. The number of primary sulfonamides is 1. The molecule has 0 aliphatic carbocycles. The maximum Gasteiger partial charge on any atom is 0.240 e. The molecule has 9 heteroatoms. The molecule has 4 N–H and O–H groups in total. The lowest BCUT2D eigenvalue weighted by Crippen LogP contribution is -2.34. The van der Waals surface area contributed by atoms with E-state index in [4.69, 9.17) is 10.2 Å². The number of hydrogen-bond donors (Lipinski definition) is 3. The molecule has 0 saturated heterocycles. The second-order valence-electron chi connectivity index (χ2n) is 5.48. The van der Waals surface area contributed by atoms with Gasteiger partial charge in [0.25, 0.3) is 0 Å². The highest BCUT2D eigenvalue weighted by Gasteiger charge is 2.22. The lowest BCUT2D eigenvalue weighted by Gasteiger charge is -2.23. The van der Waals surface area contributed by atoms with Crippen LogP contribution in [0.15, 0.2) is 34.1 Å². The summed E-state index contributed by atoms with van der Waals surface area (Å²) in [7, 11) is -7.81. The van der Waals surface area contributed by atoms with Crippen molar-refractivity contribution in [2.45, 2.75) is 30.1 Å². The minimum atomic E-state index is -3.96. The molecule has 120 valence electrons. The van der Waals surface area contributed by atoms with Crippen LogP contribution in [0.1, 0.15) is 20.3 Å². The Hall–Kier alpha value is -1.00. The zero-order valence-electron chi connectivity index (χ0n) is 11.9. The van der Waals surface area contributed by atoms with Gasteiger partial charge in [0.15, 0.2) is 0 Å². The number of hydrogen-bond acceptors (Lipinski definition) is 5. The Labute approximate surface area is 125 Å². The van der Waals surface area contributed by atoms with Gasteiger partial charge in [-0.1, -0.05) is 19.9 Å². The first-order valence-electron chi connectivity index (χ1n) is 6.21. The molecular formula is C12H20N2O5S2. The zero-order valence-corrected chi connectivity index (χ0v) is 13.5. The highest BCUT2D eigenvalue weighted by atomic mass is 32.2. The van der Waals surface area contributed by atoms with Gasteiger partial charge in [0.2, 0.25) is 20.0 Å². The molecule has 0 aliphatic rings. The van der Waals surface area contributed by atoms with E-state index in [-0.39, 0.29) is 22.9 Å². The summed E-state index contributed by atoms with van der Waals surface area (Å²) in [5.41, 5.74) is -0.417. The first-order valence-corrected chi connectivity index (χ1v) is 9.24. The minimum absolute atomic E-state index is 0.0460. The normalized spacial score (nSPS) is 13.3. The maximum atomic E-state index is 12.2. The largest absolute Gasteiger partial charge is 0.396 e. The van der Waals surface area contributed by atoms with Gasteiger partial charge in [0, 0.05) is 13.2 Å². The molecule has 0 bridgehead atoms. The number of nitrogens with one attached hydrogen (secondary N) is 1. The Bertz CT molecular complexity index is 696. The smallest absolute Gasteiger partial charge is 0.240 e. The molecule has 0 amide bonds. The molecule has 0 aliphatic heterocycles. The van der Waals surface area contributed by atoms with Crippen LogP contribution >= 0.6 is 0 Å². The van der Waals surface area contributed by atoms with Crippen LogP contribution in [-0.2, 0) is 20.0 Å². The monoisotopic (exact) mass is 336 g/mol. The van der Waals surface area contributed by atoms with Gasteiger partial charge in [-0.2, -0.15) is 0 Å². The topological polar surface area (TPSA) is 127 Å². The van der Waals surface area contributed by atoms with Gasteiger partial charge in [-0.15, -0.1) is 0 Å². The third-order valence-corrected chi connectivity index (χ3v) is 5.28. The average molecular weight is 336 g/mol. The number of aliphatic hydroxyl groups is 1. The number of sulfonamides is 2. The van der Waals surface area contributed by atoms with E-state index in [2.05, 4.69) is 4.72 Å². The number of benzene rings is 1. The highest BCUT2D eigenvalue weighted by molar-refractivity contribution is 7.90. The predicted octanol–water partition coefficient (Wildman–Crippen LogP) is 0.0209. The van der Waals surface area contributed by atoms with Crippen molar-refractivity contribution < 1.29 is 21.9 Å². The SMILES string of the molecule is CC(C)(CCO)CNS(=O)(=O)c1cccc(S(N)(=O)=O)c1. The van der Waals surface area contributed by atoms with Gasteiger partial charge in [-0.3, -0.25) is 0 Å². The second-order valence-corrected chi connectivity index (χ2v) is 8.81. The van der Waals surface area contributed by atoms with Crippen molar-refractivity contribution in [2.75, 3.05) is 13.2 Å². The molecule has 0 radical (unpaired) electrons. The van der Waals surface area contributed by atoms with Gasteiger partial charge in [0.1, 0.15) is 0 Å². The highest BCUT2D eigenvalue weighted by Crippen LogP contribution is 2.20. The molecule has 0 spiro atoms. The Morgan fingerprint density at radius 1 is 1.19 bits per heavy atom. The molecule has 21 heavy (non-hydrogen) atoms. The van der Waals surface area contributed by atoms with Crippen molar-refractivity contribution in [1.29, 1.82) is 0 Å². The van der Waals surface area contributed by atoms with E-state index in [0.717, 1.165) is 6.07 Å². The number of nitrogens with two attached hydrogens (primary N) is 1. The van der Waals surface area contributed by atoms with E-state index >= 15 is 0 Å². The molecule has 0 atom stereocenters. The summed E-state index contributed by atoms with van der Waals surface area (Å²) < 4.78 is 49.2. The van der Waals surface area contributed by atoms with Crippen molar-refractivity contribution in [1.82, 2.24) is 4.72 Å². The van der Waals surface area contributed by atoms with Crippen LogP contribution in [0, 0.1) is 5.41 Å². The third-order valence-electron chi connectivity index (χ3n) is 2.97. The van der Waals surface area contributed by atoms with E-state index < -0.39 is 25.5 Å². The molecule has 0 fully saturated rings. The Morgan fingerprint density at radius 3 is 2.29 bits per heavy atom. The van der Waals surface area contributed by atoms with Gasteiger partial charge >= 0.3 is 0 Å². The fourth-order valence-corrected chi connectivity index (χ4v) is 3.50. The molecule has 0 saturated carbocycles. The first kappa shape index (κ1) is 18.1. The summed E-state index contributed by atoms with van der Waals surface area (Å²) in [6.07, 6.45) is 0.437. The van der Waals surface area contributed by atoms with Crippen LogP contribution < -0.4 is 9.86 Å². The van der Waals surface area contributed by atoms with Crippen LogP contribution in [0.3, 0.4) is 0 Å². The van der Waals surface area contributed by atoms with E-state index in [0.29, 0.717) is 6.42 Å². The van der Waals surface area contributed by atoms with Crippen LogP contribution in [0.25, 0.3) is 0 Å². The van der Waals surface area contributed by atoms with Crippen LogP contribution in [0.4, 0.5) is 0 Å². The van der Waals surface area contributed by atoms with Gasteiger partial charge < -0.3 is 5.11 Å². The third kappa shape index (κ3) is 5.36. The number of aliphatic hydroxyl groups excluding tert-OH is 1. The van der Waals surface area contributed by atoms with E-state index in [1.807, 2.05) is 13.8 Å². The second kappa shape index (κ2) is 6.41. The maximum absolute atomic E-state index is 12.2. The molecule has 0 unspecified atom stereocenters. The summed E-state index contributed by atoms with van der Waals surface area (Å²) >= 11 is 0. The first-order chi connectivity index (χ1) is 9.48. The molecule has 0 heterocycles. The zero-order chi connectivity index (χ0) is 16.3. The van der Waals surface area contributed by atoms with E-state index in [9.17, 15) is 16.8 Å². The van der Waals surface area contributed by atoms with Gasteiger partial charge in [0.05, 0.1) is 9.79 Å². The van der Waals surface area contributed by atoms with Crippen LogP contribution in [-0.4, -0.2) is 35.1 Å². The van der Waals surface area contributed by atoms with Crippen molar-refractivity contribution >= 4 is 20.0 Å². The Balaban J connectivity index is 2.99. The summed E-state index contributed by atoms with van der Waals surface area (Å²) in [4.78, 5) is -0.436. The number of rotatable bonds is 7. The Kier molecular flexibility index (Phi) is 5.51. The quantitative estimate of drug-likeness (QED) is 0.647. The van der Waals surface area contributed by atoms with Crippen molar-refractivity contribution in [3.05, 3.63) is 24.3 Å². The molecule has 1 aromatic rings. The molecule has 0 aromatic heterocycles. The lowest BCUT2D eigenvalue weighted by molar-refractivity contribution is 0.213. The van der Waals surface area contributed by atoms with E-state index in [1.165, 1.54) is 18.2 Å². The average Bonchev–Trinajstić information content (AvgIpc) is 2.36. The van der Waals surface area contributed by atoms with Crippen molar-refractivity contribution in [3.63, 3.8) is 0 Å². The standard InChI is InChI=1S/C12H20N2O5S2/c1-12(2,6-7-15)9-14-21(18,19)11-5-3-4-10(8-11)20(13,16)17/h3-5,8,14-15H,6-7,9H2,1-2H3,(H2,13,16,17). The lowest BCUT2D eigenvalue weighted by atomic mass is 9.90. The summed E-state index contributed by atoms with van der Waals surface area (Å²) in [6.45, 7) is 3.70. The van der Waals surface area contributed by atoms with Gasteiger partial charge in [-0.05, 0) is 30.0 Å². The molecular weight excluding hydrogens is 316 g/mol. The Morgan fingerprint density at radius 2 is 1.76 bits per heavy atom. The van der Waals surface area contributed by atoms with Crippen LogP contribution in [0.5, 0.6) is 0 Å². The van der Waals surface area contributed by atoms with Crippen molar-refractivity contribution in [2.24, 2.45) is 10.6 Å². The molecule has 1 rings (SSSR count). The predicted molar refractivity (Wildman–Crippen MR) is 78.5 cm³/mol. The van der Waals surface area contributed by atoms with Crippen molar-refractivity contribution in [3.8, 4) is 0 Å².